The minimum Gasteiger partial charge on any atom is -0.326 e. The lowest BCUT2D eigenvalue weighted by molar-refractivity contribution is 0.187. The Labute approximate surface area is 125 Å². The molecular weight excluding hydrogens is 293 g/mol. The maximum Gasteiger partial charge on any atom is 0.243 e. The molecule has 1 aromatic carbocycles. The lowest BCUT2D eigenvalue weighted by Gasteiger charge is -2.35. The van der Waals surface area contributed by atoms with Crippen molar-refractivity contribution >= 4 is 10.0 Å². The van der Waals surface area contributed by atoms with Crippen LogP contribution in [0.15, 0.2) is 23.1 Å². The number of rotatable bonds is 4. The monoisotopic (exact) mass is 315 g/mol. The summed E-state index contributed by atoms with van der Waals surface area (Å²) < 4.78 is 40.3. The molecule has 1 heterocycles. The summed E-state index contributed by atoms with van der Waals surface area (Å²) in [5.74, 6) is -0.570. The van der Waals surface area contributed by atoms with Crippen LogP contribution >= 0.6 is 0 Å². The molecule has 0 radical (unpaired) electrons. The Kier molecular flexibility index (Phi) is 4.98. The normalized spacial score (nSPS) is 20.9. The van der Waals surface area contributed by atoms with Crippen LogP contribution in [0.5, 0.6) is 0 Å². The Balaban J connectivity index is 2.35. The first kappa shape index (κ1) is 16.4. The van der Waals surface area contributed by atoms with E-state index in [0.717, 1.165) is 25.5 Å². The topological polar surface area (TPSA) is 66.6 Å². The van der Waals surface area contributed by atoms with E-state index in [0.29, 0.717) is 12.1 Å². The zero-order valence-electron chi connectivity index (χ0n) is 12.4. The van der Waals surface area contributed by atoms with Crippen molar-refractivity contribution in [1.82, 2.24) is 9.21 Å². The van der Waals surface area contributed by atoms with Crippen LogP contribution in [0.4, 0.5) is 4.39 Å². The van der Waals surface area contributed by atoms with Crippen LogP contribution in [0.25, 0.3) is 0 Å². The molecule has 0 aromatic heterocycles. The molecule has 0 spiro atoms. The summed E-state index contributed by atoms with van der Waals surface area (Å²) in [4.78, 5) is 2.08. The first-order chi connectivity index (χ1) is 9.86. The van der Waals surface area contributed by atoms with Crippen molar-refractivity contribution in [2.75, 3.05) is 27.2 Å². The number of nitrogens with zero attached hydrogens (tertiary/aromatic N) is 2. The van der Waals surface area contributed by atoms with E-state index in [4.69, 9.17) is 5.73 Å². The molecule has 21 heavy (non-hydrogen) atoms. The zero-order valence-corrected chi connectivity index (χ0v) is 13.2. The van der Waals surface area contributed by atoms with Gasteiger partial charge >= 0.3 is 0 Å². The van der Waals surface area contributed by atoms with Crippen molar-refractivity contribution in [2.24, 2.45) is 5.73 Å². The molecule has 0 bridgehead atoms. The zero-order chi connectivity index (χ0) is 15.6. The molecule has 1 atom stereocenters. The molecule has 1 fully saturated rings. The molecule has 0 aliphatic carbocycles. The Morgan fingerprint density at radius 2 is 2.19 bits per heavy atom. The van der Waals surface area contributed by atoms with Gasteiger partial charge in [0.15, 0.2) is 0 Å². The molecule has 5 nitrogen and oxygen atoms in total. The van der Waals surface area contributed by atoms with Gasteiger partial charge in [0.05, 0.1) is 4.90 Å². The molecule has 1 aliphatic rings. The minimum absolute atomic E-state index is 0.0271. The fraction of sp³-hybridized carbons (Fsp3) is 0.571. The summed E-state index contributed by atoms with van der Waals surface area (Å²) in [6.45, 7) is 1.72. The van der Waals surface area contributed by atoms with Crippen molar-refractivity contribution in [3.63, 3.8) is 0 Å². The Morgan fingerprint density at radius 3 is 2.81 bits per heavy atom. The van der Waals surface area contributed by atoms with E-state index in [-0.39, 0.29) is 17.5 Å². The van der Waals surface area contributed by atoms with Gasteiger partial charge in [-0.3, -0.25) is 0 Å². The number of piperidine rings is 1. The van der Waals surface area contributed by atoms with Gasteiger partial charge in [0.2, 0.25) is 10.0 Å². The third kappa shape index (κ3) is 3.42. The first-order valence-electron chi connectivity index (χ1n) is 7.01. The third-order valence-electron chi connectivity index (χ3n) is 4.02. The minimum atomic E-state index is -3.74. The number of benzene rings is 1. The summed E-state index contributed by atoms with van der Waals surface area (Å²) in [7, 11) is -0.208. The van der Waals surface area contributed by atoms with E-state index < -0.39 is 15.8 Å². The maximum atomic E-state index is 13.4. The number of likely N-dealkylation sites (tertiary alicyclic amines) is 1. The summed E-state index contributed by atoms with van der Waals surface area (Å²) in [5.41, 5.74) is 6.02. The highest BCUT2D eigenvalue weighted by Crippen LogP contribution is 2.24. The van der Waals surface area contributed by atoms with Crippen LogP contribution in [-0.2, 0) is 16.6 Å². The molecule has 1 aliphatic heterocycles. The van der Waals surface area contributed by atoms with Gasteiger partial charge < -0.3 is 10.6 Å². The number of likely N-dealkylation sites (N-methyl/N-ethyl adjacent to an activating group) is 2. The van der Waals surface area contributed by atoms with Crippen LogP contribution in [-0.4, -0.2) is 50.8 Å². The predicted octanol–water partition coefficient (Wildman–Crippen LogP) is 0.999. The van der Waals surface area contributed by atoms with Gasteiger partial charge in [-0.1, -0.05) is 6.07 Å². The van der Waals surface area contributed by atoms with Gasteiger partial charge in [0, 0.05) is 26.2 Å². The maximum absolute atomic E-state index is 13.4. The molecular formula is C14H22FN3O2S. The highest BCUT2D eigenvalue weighted by molar-refractivity contribution is 7.89. The van der Waals surface area contributed by atoms with Crippen LogP contribution in [0.3, 0.4) is 0 Å². The molecule has 7 heteroatoms. The summed E-state index contributed by atoms with van der Waals surface area (Å²) in [5, 5.41) is 0. The Bertz CT molecular complexity index is 606. The van der Waals surface area contributed by atoms with Gasteiger partial charge in [-0.05, 0) is 44.1 Å². The molecule has 0 amide bonds. The smallest absolute Gasteiger partial charge is 0.243 e. The van der Waals surface area contributed by atoms with Crippen molar-refractivity contribution in [3.8, 4) is 0 Å². The number of nitrogens with two attached hydrogens (primary N) is 1. The second-order valence-electron chi connectivity index (χ2n) is 5.54. The molecule has 2 rings (SSSR count). The average Bonchev–Trinajstić information content (AvgIpc) is 2.46. The quantitative estimate of drug-likeness (QED) is 0.900. The lowest BCUT2D eigenvalue weighted by Crippen LogP contribution is -2.47. The van der Waals surface area contributed by atoms with E-state index in [1.807, 2.05) is 7.05 Å². The number of hydrogen-bond acceptors (Lipinski definition) is 4. The first-order valence-corrected chi connectivity index (χ1v) is 8.45. The molecule has 118 valence electrons. The predicted molar refractivity (Wildman–Crippen MR) is 79.8 cm³/mol. The van der Waals surface area contributed by atoms with Crippen molar-refractivity contribution in [3.05, 3.63) is 29.6 Å². The molecule has 1 unspecified atom stereocenters. The highest BCUT2D eigenvalue weighted by atomic mass is 32.2. The molecule has 1 saturated heterocycles. The average molecular weight is 315 g/mol. The van der Waals surface area contributed by atoms with Crippen LogP contribution in [0.2, 0.25) is 0 Å². The molecule has 1 aromatic rings. The fourth-order valence-corrected chi connectivity index (χ4v) is 4.34. The van der Waals surface area contributed by atoms with Crippen LogP contribution < -0.4 is 5.73 Å². The van der Waals surface area contributed by atoms with Gasteiger partial charge in [-0.2, -0.15) is 4.31 Å². The van der Waals surface area contributed by atoms with E-state index in [2.05, 4.69) is 4.90 Å². The van der Waals surface area contributed by atoms with Gasteiger partial charge in [0.1, 0.15) is 5.82 Å². The standard InChI is InChI=1S/C14H22FN3O2S/c1-17-7-3-4-13(10-17)18(2)21(19,20)14-8-12(15)6-5-11(14)9-16/h5-6,8,13H,3-4,7,9-10,16H2,1-2H3. The van der Waals surface area contributed by atoms with E-state index >= 15 is 0 Å². The number of hydrogen-bond donors (Lipinski definition) is 1. The van der Waals surface area contributed by atoms with Crippen molar-refractivity contribution < 1.29 is 12.8 Å². The molecule has 0 saturated carbocycles. The van der Waals surface area contributed by atoms with Gasteiger partial charge in [-0.15, -0.1) is 0 Å². The third-order valence-corrected chi connectivity index (χ3v) is 6.01. The van der Waals surface area contributed by atoms with Gasteiger partial charge in [-0.25, -0.2) is 12.8 Å². The SMILES string of the molecule is CN1CCCC(N(C)S(=O)(=O)c2cc(F)ccc2CN)C1. The molecule has 2 N–H and O–H groups in total. The number of halogens is 1. The Morgan fingerprint density at radius 1 is 1.48 bits per heavy atom. The largest absolute Gasteiger partial charge is 0.326 e. The van der Waals surface area contributed by atoms with Gasteiger partial charge in [0.25, 0.3) is 0 Å². The summed E-state index contributed by atoms with van der Waals surface area (Å²) in [6.07, 6.45) is 1.77. The second kappa shape index (κ2) is 6.39. The lowest BCUT2D eigenvalue weighted by atomic mass is 10.1. The van der Waals surface area contributed by atoms with E-state index in [1.165, 1.54) is 16.4 Å². The van der Waals surface area contributed by atoms with E-state index in [1.54, 1.807) is 7.05 Å². The Hall–Kier alpha value is -1.02. The van der Waals surface area contributed by atoms with E-state index in [9.17, 15) is 12.8 Å². The highest BCUT2D eigenvalue weighted by Gasteiger charge is 2.32. The summed E-state index contributed by atoms with van der Waals surface area (Å²) in [6, 6.07) is 3.63. The summed E-state index contributed by atoms with van der Waals surface area (Å²) >= 11 is 0. The second-order valence-corrected chi connectivity index (χ2v) is 7.50. The number of sulfonamides is 1. The van der Waals surface area contributed by atoms with Crippen LogP contribution in [0.1, 0.15) is 18.4 Å². The van der Waals surface area contributed by atoms with Crippen molar-refractivity contribution in [1.29, 1.82) is 0 Å². The fourth-order valence-electron chi connectivity index (χ4n) is 2.72. The van der Waals surface area contributed by atoms with Crippen molar-refractivity contribution in [2.45, 2.75) is 30.3 Å². The van der Waals surface area contributed by atoms with Crippen LogP contribution in [0, 0.1) is 5.82 Å².